The third kappa shape index (κ3) is 2.27. The van der Waals surface area contributed by atoms with Crippen molar-refractivity contribution in [2.75, 3.05) is 5.73 Å². The van der Waals surface area contributed by atoms with Crippen LogP contribution in [0.4, 0.5) is 18.9 Å². The van der Waals surface area contributed by atoms with Crippen molar-refractivity contribution < 1.29 is 22.8 Å². The predicted octanol–water partition coefficient (Wildman–Crippen LogP) is 2.21. The number of nitrogen functional groups attached to an aromatic ring is 1. The van der Waals surface area contributed by atoms with E-state index in [1.54, 1.807) is 0 Å². The number of halogens is 3. The van der Waals surface area contributed by atoms with Gasteiger partial charge in [0.25, 0.3) is 11.8 Å². The van der Waals surface area contributed by atoms with Gasteiger partial charge in [-0.15, -0.1) is 0 Å². The molecular formula is C12H11F3N2O2. The first-order valence-corrected chi connectivity index (χ1v) is 5.55. The second-order valence-corrected chi connectivity index (χ2v) is 4.42. The second-order valence-electron chi connectivity index (χ2n) is 4.42. The largest absolute Gasteiger partial charge is 0.398 e. The molecule has 0 saturated carbocycles. The summed E-state index contributed by atoms with van der Waals surface area (Å²) in [5.41, 5.74) is 5.73. The first-order chi connectivity index (χ1) is 8.72. The van der Waals surface area contributed by atoms with Gasteiger partial charge in [0, 0.05) is 11.7 Å². The van der Waals surface area contributed by atoms with E-state index >= 15 is 0 Å². The van der Waals surface area contributed by atoms with Crippen LogP contribution in [0.2, 0.25) is 0 Å². The fraction of sp³-hybridized carbons (Fsp3) is 0.333. The Morgan fingerprint density at radius 2 is 1.89 bits per heavy atom. The Labute approximate surface area is 107 Å². The molecule has 4 nitrogen and oxygen atoms in total. The van der Waals surface area contributed by atoms with Crippen molar-refractivity contribution in [3.63, 3.8) is 0 Å². The summed E-state index contributed by atoms with van der Waals surface area (Å²) in [5, 5.41) is 0. The van der Waals surface area contributed by atoms with E-state index in [-0.39, 0.29) is 16.8 Å². The number of carbonyl (C=O) groups is 2. The maximum atomic E-state index is 12.3. The number of anilines is 1. The van der Waals surface area contributed by atoms with Crippen LogP contribution in [0.15, 0.2) is 18.2 Å². The van der Waals surface area contributed by atoms with Gasteiger partial charge in [-0.25, -0.2) is 0 Å². The van der Waals surface area contributed by atoms with Crippen molar-refractivity contribution in [2.24, 2.45) is 0 Å². The number of hydrogen-bond acceptors (Lipinski definition) is 3. The molecule has 0 aliphatic carbocycles. The summed E-state index contributed by atoms with van der Waals surface area (Å²) in [6.45, 7) is 1.19. The summed E-state index contributed by atoms with van der Waals surface area (Å²) in [5.74, 6) is -1.50. The average molecular weight is 272 g/mol. The van der Waals surface area contributed by atoms with Crippen molar-refractivity contribution in [2.45, 2.75) is 25.6 Å². The van der Waals surface area contributed by atoms with Crippen molar-refractivity contribution in [1.82, 2.24) is 4.90 Å². The van der Waals surface area contributed by atoms with Gasteiger partial charge in [-0.05, 0) is 19.1 Å². The minimum absolute atomic E-state index is 0.0125. The van der Waals surface area contributed by atoms with Gasteiger partial charge >= 0.3 is 6.18 Å². The van der Waals surface area contributed by atoms with Crippen LogP contribution < -0.4 is 5.73 Å². The lowest BCUT2D eigenvalue weighted by Crippen LogP contribution is -2.40. The number of amides is 2. The summed E-state index contributed by atoms with van der Waals surface area (Å²) in [4.78, 5) is 24.6. The van der Waals surface area contributed by atoms with E-state index in [1.165, 1.54) is 25.1 Å². The van der Waals surface area contributed by atoms with Crippen molar-refractivity contribution in [3.05, 3.63) is 29.3 Å². The molecule has 1 unspecified atom stereocenters. The quantitative estimate of drug-likeness (QED) is 0.663. The highest BCUT2D eigenvalue weighted by Gasteiger charge is 2.43. The summed E-state index contributed by atoms with van der Waals surface area (Å²) in [6, 6.07) is 3.04. The van der Waals surface area contributed by atoms with E-state index in [4.69, 9.17) is 5.73 Å². The predicted molar refractivity (Wildman–Crippen MR) is 61.5 cm³/mol. The van der Waals surface area contributed by atoms with Crippen LogP contribution in [-0.4, -0.2) is 28.9 Å². The molecule has 0 fully saturated rings. The van der Waals surface area contributed by atoms with E-state index in [0.717, 1.165) is 0 Å². The smallest absolute Gasteiger partial charge is 0.391 e. The average Bonchev–Trinajstić information content (AvgIpc) is 2.50. The Hall–Kier alpha value is -2.05. The molecule has 1 atom stereocenters. The van der Waals surface area contributed by atoms with Crippen LogP contribution in [0.5, 0.6) is 0 Å². The van der Waals surface area contributed by atoms with E-state index in [2.05, 4.69) is 0 Å². The standard InChI is InChI=1S/C12H11F3N2O2/c1-6(5-12(13,14)15)17-10(18)7-3-2-4-8(16)9(7)11(17)19/h2-4,6H,5,16H2,1H3. The van der Waals surface area contributed by atoms with E-state index in [9.17, 15) is 22.8 Å². The van der Waals surface area contributed by atoms with Crippen molar-refractivity contribution >= 4 is 17.5 Å². The van der Waals surface area contributed by atoms with Gasteiger partial charge in [0.15, 0.2) is 0 Å². The highest BCUT2D eigenvalue weighted by atomic mass is 19.4. The summed E-state index contributed by atoms with van der Waals surface area (Å²) in [7, 11) is 0. The second kappa shape index (κ2) is 4.25. The number of imide groups is 1. The normalized spacial score (nSPS) is 16.7. The molecule has 1 aromatic carbocycles. The number of hydrogen-bond donors (Lipinski definition) is 1. The molecule has 7 heteroatoms. The van der Waals surface area contributed by atoms with Gasteiger partial charge in [0.05, 0.1) is 17.5 Å². The Bertz CT molecular complexity index is 554. The van der Waals surface area contributed by atoms with Crippen LogP contribution in [-0.2, 0) is 0 Å². The Balaban J connectivity index is 2.35. The Kier molecular flexibility index (Phi) is 3.00. The van der Waals surface area contributed by atoms with E-state index < -0.39 is 30.5 Å². The zero-order chi connectivity index (χ0) is 14.4. The zero-order valence-electron chi connectivity index (χ0n) is 9.99. The number of fused-ring (bicyclic) bond motifs is 1. The van der Waals surface area contributed by atoms with Crippen LogP contribution in [0.3, 0.4) is 0 Å². The fourth-order valence-corrected chi connectivity index (χ4v) is 2.16. The molecule has 19 heavy (non-hydrogen) atoms. The molecule has 0 radical (unpaired) electrons. The maximum Gasteiger partial charge on any atom is 0.391 e. The molecule has 0 saturated heterocycles. The SMILES string of the molecule is CC(CC(F)(F)F)N1C(=O)c2cccc(N)c2C1=O. The van der Waals surface area contributed by atoms with Gasteiger partial charge in [0.1, 0.15) is 0 Å². The minimum atomic E-state index is -4.44. The fourth-order valence-electron chi connectivity index (χ4n) is 2.16. The summed E-state index contributed by atoms with van der Waals surface area (Å²) in [6.07, 6.45) is -5.68. The maximum absolute atomic E-state index is 12.3. The number of carbonyl (C=O) groups excluding carboxylic acids is 2. The van der Waals surface area contributed by atoms with Crippen LogP contribution in [0.1, 0.15) is 34.1 Å². The van der Waals surface area contributed by atoms with Crippen molar-refractivity contribution in [3.8, 4) is 0 Å². The molecule has 1 aliphatic heterocycles. The molecule has 1 heterocycles. The van der Waals surface area contributed by atoms with Gasteiger partial charge in [-0.3, -0.25) is 14.5 Å². The first kappa shape index (κ1) is 13.4. The third-order valence-corrected chi connectivity index (χ3v) is 2.95. The molecule has 1 aromatic rings. The first-order valence-electron chi connectivity index (χ1n) is 5.55. The number of benzene rings is 1. The number of nitrogens with zero attached hydrogens (tertiary/aromatic N) is 1. The minimum Gasteiger partial charge on any atom is -0.398 e. The monoisotopic (exact) mass is 272 g/mol. The van der Waals surface area contributed by atoms with Crippen molar-refractivity contribution in [1.29, 1.82) is 0 Å². The highest BCUT2D eigenvalue weighted by molar-refractivity contribution is 6.23. The lowest BCUT2D eigenvalue weighted by Gasteiger charge is -2.23. The molecule has 0 aromatic heterocycles. The van der Waals surface area contributed by atoms with E-state index in [0.29, 0.717) is 4.90 Å². The third-order valence-electron chi connectivity index (χ3n) is 2.95. The lowest BCUT2D eigenvalue weighted by molar-refractivity contribution is -0.142. The van der Waals surface area contributed by atoms with Gasteiger partial charge in [-0.2, -0.15) is 13.2 Å². The Morgan fingerprint density at radius 3 is 2.42 bits per heavy atom. The number of nitrogens with two attached hydrogens (primary N) is 1. The zero-order valence-corrected chi connectivity index (χ0v) is 9.99. The molecule has 102 valence electrons. The van der Waals surface area contributed by atoms with E-state index in [1.807, 2.05) is 0 Å². The molecule has 2 rings (SSSR count). The molecule has 0 bridgehead atoms. The van der Waals surface area contributed by atoms with Gasteiger partial charge in [0.2, 0.25) is 0 Å². The lowest BCUT2D eigenvalue weighted by atomic mass is 10.1. The molecule has 0 spiro atoms. The summed E-state index contributed by atoms with van der Waals surface area (Å²) < 4.78 is 37.0. The number of rotatable bonds is 2. The summed E-state index contributed by atoms with van der Waals surface area (Å²) >= 11 is 0. The van der Waals surface area contributed by atoms with Crippen LogP contribution in [0, 0.1) is 0 Å². The molecular weight excluding hydrogens is 261 g/mol. The molecule has 1 aliphatic rings. The Morgan fingerprint density at radius 1 is 1.26 bits per heavy atom. The van der Waals surface area contributed by atoms with Gasteiger partial charge in [-0.1, -0.05) is 6.07 Å². The molecule has 2 amide bonds. The van der Waals surface area contributed by atoms with Crippen LogP contribution >= 0.6 is 0 Å². The van der Waals surface area contributed by atoms with Crippen LogP contribution in [0.25, 0.3) is 0 Å². The van der Waals surface area contributed by atoms with Gasteiger partial charge < -0.3 is 5.73 Å². The topological polar surface area (TPSA) is 63.4 Å². The highest BCUT2D eigenvalue weighted by Crippen LogP contribution is 2.32. The number of alkyl halides is 3. The molecule has 2 N–H and O–H groups in total.